The molecule has 3 nitrogen and oxygen atoms in total. The van der Waals surface area contributed by atoms with Crippen LogP contribution in [0.2, 0.25) is 0 Å². The number of fused-ring (bicyclic) bond motifs is 1. The summed E-state index contributed by atoms with van der Waals surface area (Å²) in [6.45, 7) is 6.91. The number of nitrogens with zero attached hydrogens (tertiary/aromatic N) is 2. The molecular formula is C17H23N3. The third-order valence-corrected chi connectivity index (χ3v) is 5.11. The van der Waals surface area contributed by atoms with Crippen LogP contribution in [0.25, 0.3) is 10.8 Å². The van der Waals surface area contributed by atoms with Crippen molar-refractivity contribution in [1.82, 2.24) is 4.98 Å². The Morgan fingerprint density at radius 2 is 2.00 bits per heavy atom. The van der Waals surface area contributed by atoms with E-state index in [4.69, 9.17) is 5.73 Å². The summed E-state index contributed by atoms with van der Waals surface area (Å²) in [6, 6.07) is 6.19. The standard InChI is InChI=1S/C17H23N3/c1-3-17(4-2)8-10-20(12-17)16-6-5-15(18)13-7-9-19-11-14(13)16/h5-7,9,11H,3-4,8,10,12,18H2,1-2H3. The van der Waals surface area contributed by atoms with Crippen molar-refractivity contribution in [3.63, 3.8) is 0 Å². The summed E-state index contributed by atoms with van der Waals surface area (Å²) < 4.78 is 0. The van der Waals surface area contributed by atoms with Crippen molar-refractivity contribution < 1.29 is 0 Å². The smallest absolute Gasteiger partial charge is 0.0463 e. The van der Waals surface area contributed by atoms with Gasteiger partial charge in [0.25, 0.3) is 0 Å². The molecule has 20 heavy (non-hydrogen) atoms. The molecule has 2 aromatic rings. The van der Waals surface area contributed by atoms with Crippen molar-refractivity contribution in [2.75, 3.05) is 23.7 Å². The molecule has 1 saturated heterocycles. The van der Waals surface area contributed by atoms with Crippen molar-refractivity contribution in [1.29, 1.82) is 0 Å². The second-order valence-electron chi connectivity index (χ2n) is 5.97. The van der Waals surface area contributed by atoms with Gasteiger partial charge in [-0.05, 0) is 42.9 Å². The summed E-state index contributed by atoms with van der Waals surface area (Å²) in [5.41, 5.74) is 8.68. The fourth-order valence-electron chi connectivity index (χ4n) is 3.44. The summed E-state index contributed by atoms with van der Waals surface area (Å²) in [5, 5.41) is 2.29. The van der Waals surface area contributed by atoms with Crippen LogP contribution in [0.15, 0.2) is 30.6 Å². The van der Waals surface area contributed by atoms with Gasteiger partial charge in [-0.25, -0.2) is 0 Å². The van der Waals surface area contributed by atoms with Gasteiger partial charge in [-0.3, -0.25) is 4.98 Å². The Kier molecular flexibility index (Phi) is 3.28. The second-order valence-corrected chi connectivity index (χ2v) is 5.97. The molecule has 0 amide bonds. The van der Waals surface area contributed by atoms with Crippen LogP contribution in [0.5, 0.6) is 0 Å². The molecule has 106 valence electrons. The number of rotatable bonds is 3. The summed E-state index contributed by atoms with van der Waals surface area (Å²) in [6.07, 6.45) is 7.55. The van der Waals surface area contributed by atoms with Gasteiger partial charge in [0.2, 0.25) is 0 Å². The van der Waals surface area contributed by atoms with Crippen LogP contribution in [0.1, 0.15) is 33.1 Å². The Labute approximate surface area is 120 Å². The molecular weight excluding hydrogens is 246 g/mol. The maximum absolute atomic E-state index is 6.08. The highest BCUT2D eigenvalue weighted by Crippen LogP contribution is 2.41. The normalized spacial score (nSPS) is 17.8. The van der Waals surface area contributed by atoms with Gasteiger partial charge in [0.05, 0.1) is 0 Å². The molecule has 1 aromatic heterocycles. The highest BCUT2D eigenvalue weighted by molar-refractivity contribution is 6.00. The molecule has 2 N–H and O–H groups in total. The van der Waals surface area contributed by atoms with Gasteiger partial charge in [-0.1, -0.05) is 13.8 Å². The number of hydrogen-bond acceptors (Lipinski definition) is 3. The summed E-state index contributed by atoms with van der Waals surface area (Å²) in [7, 11) is 0. The van der Waals surface area contributed by atoms with Gasteiger partial charge in [0.1, 0.15) is 0 Å². The number of aromatic nitrogens is 1. The molecule has 0 saturated carbocycles. The molecule has 0 atom stereocenters. The first-order valence-corrected chi connectivity index (χ1v) is 7.56. The fraction of sp³-hybridized carbons (Fsp3) is 0.471. The van der Waals surface area contributed by atoms with Crippen LogP contribution in [0.3, 0.4) is 0 Å². The quantitative estimate of drug-likeness (QED) is 0.861. The van der Waals surface area contributed by atoms with Crippen LogP contribution in [-0.2, 0) is 0 Å². The fourth-order valence-corrected chi connectivity index (χ4v) is 3.44. The molecule has 2 heterocycles. The summed E-state index contributed by atoms with van der Waals surface area (Å²) in [5.74, 6) is 0. The van der Waals surface area contributed by atoms with Crippen molar-refractivity contribution >= 4 is 22.1 Å². The van der Waals surface area contributed by atoms with Crippen molar-refractivity contribution in [3.05, 3.63) is 30.6 Å². The molecule has 1 fully saturated rings. The van der Waals surface area contributed by atoms with E-state index in [1.807, 2.05) is 24.5 Å². The zero-order valence-corrected chi connectivity index (χ0v) is 12.4. The third-order valence-electron chi connectivity index (χ3n) is 5.11. The average Bonchev–Trinajstić information content (AvgIpc) is 2.93. The van der Waals surface area contributed by atoms with Crippen molar-refractivity contribution in [2.45, 2.75) is 33.1 Å². The molecule has 0 radical (unpaired) electrons. The van der Waals surface area contributed by atoms with Gasteiger partial charge in [-0.15, -0.1) is 0 Å². The van der Waals surface area contributed by atoms with Crippen LogP contribution >= 0.6 is 0 Å². The molecule has 0 aliphatic carbocycles. The van der Waals surface area contributed by atoms with Crippen molar-refractivity contribution in [3.8, 4) is 0 Å². The van der Waals surface area contributed by atoms with E-state index >= 15 is 0 Å². The molecule has 1 aliphatic rings. The Morgan fingerprint density at radius 3 is 2.70 bits per heavy atom. The lowest BCUT2D eigenvalue weighted by Crippen LogP contribution is -2.26. The second kappa shape index (κ2) is 4.97. The van der Waals surface area contributed by atoms with E-state index in [0.717, 1.165) is 24.2 Å². The minimum absolute atomic E-state index is 0.482. The first kappa shape index (κ1) is 13.2. The van der Waals surface area contributed by atoms with Crippen LogP contribution < -0.4 is 10.6 Å². The van der Waals surface area contributed by atoms with E-state index in [1.54, 1.807) is 0 Å². The van der Waals surface area contributed by atoms with Gasteiger partial charge < -0.3 is 10.6 Å². The van der Waals surface area contributed by atoms with E-state index < -0.39 is 0 Å². The van der Waals surface area contributed by atoms with Gasteiger partial charge in [-0.2, -0.15) is 0 Å². The lowest BCUT2D eigenvalue weighted by molar-refractivity contribution is 0.301. The largest absolute Gasteiger partial charge is 0.398 e. The molecule has 0 bridgehead atoms. The number of nitrogen functional groups attached to an aromatic ring is 1. The van der Waals surface area contributed by atoms with Crippen LogP contribution in [-0.4, -0.2) is 18.1 Å². The SMILES string of the molecule is CCC1(CC)CCN(c2ccc(N)c3ccncc23)C1. The van der Waals surface area contributed by atoms with E-state index in [9.17, 15) is 0 Å². The monoisotopic (exact) mass is 269 g/mol. The maximum atomic E-state index is 6.08. The highest BCUT2D eigenvalue weighted by atomic mass is 15.2. The Morgan fingerprint density at radius 1 is 1.20 bits per heavy atom. The number of nitrogens with two attached hydrogens (primary N) is 1. The first-order chi connectivity index (χ1) is 9.69. The van der Waals surface area contributed by atoms with E-state index in [-0.39, 0.29) is 0 Å². The van der Waals surface area contributed by atoms with Gasteiger partial charge in [0.15, 0.2) is 0 Å². The van der Waals surface area contributed by atoms with Gasteiger partial charge >= 0.3 is 0 Å². The molecule has 0 spiro atoms. The zero-order chi connectivity index (χ0) is 14.2. The lowest BCUT2D eigenvalue weighted by Gasteiger charge is -2.27. The third kappa shape index (κ3) is 2.01. The Bertz CT molecular complexity index is 617. The Balaban J connectivity index is 2.02. The number of benzene rings is 1. The lowest BCUT2D eigenvalue weighted by atomic mass is 9.82. The van der Waals surface area contributed by atoms with E-state index in [1.165, 1.54) is 30.3 Å². The molecule has 1 aromatic carbocycles. The average molecular weight is 269 g/mol. The number of anilines is 2. The van der Waals surface area contributed by atoms with Crippen LogP contribution in [0.4, 0.5) is 11.4 Å². The zero-order valence-electron chi connectivity index (χ0n) is 12.4. The number of hydrogen-bond donors (Lipinski definition) is 1. The van der Waals surface area contributed by atoms with Crippen molar-refractivity contribution in [2.24, 2.45) is 5.41 Å². The highest BCUT2D eigenvalue weighted by Gasteiger charge is 2.35. The van der Waals surface area contributed by atoms with E-state index in [2.05, 4.69) is 29.8 Å². The van der Waals surface area contributed by atoms with Crippen LogP contribution in [0, 0.1) is 5.41 Å². The topological polar surface area (TPSA) is 42.1 Å². The Hall–Kier alpha value is -1.77. The van der Waals surface area contributed by atoms with E-state index in [0.29, 0.717) is 5.41 Å². The maximum Gasteiger partial charge on any atom is 0.0463 e. The summed E-state index contributed by atoms with van der Waals surface area (Å²) >= 11 is 0. The minimum Gasteiger partial charge on any atom is -0.398 e. The minimum atomic E-state index is 0.482. The molecule has 3 heteroatoms. The molecule has 1 aliphatic heterocycles. The number of pyridine rings is 1. The van der Waals surface area contributed by atoms with Gasteiger partial charge in [0, 0.05) is 47.6 Å². The predicted molar refractivity (Wildman–Crippen MR) is 86.0 cm³/mol. The molecule has 0 unspecified atom stereocenters. The summed E-state index contributed by atoms with van der Waals surface area (Å²) in [4.78, 5) is 6.79. The predicted octanol–water partition coefficient (Wildman–Crippen LogP) is 3.83. The first-order valence-electron chi connectivity index (χ1n) is 7.56. The molecule has 3 rings (SSSR count).